The zero-order valence-corrected chi connectivity index (χ0v) is 46.2. The van der Waals surface area contributed by atoms with Gasteiger partial charge < -0.3 is 44.6 Å². The number of hydrogen-bond donors (Lipinski definition) is 5. The lowest BCUT2D eigenvalue weighted by atomic mass is 9.85. The number of carbonyl (C=O) groups is 1. The van der Waals surface area contributed by atoms with Crippen molar-refractivity contribution in [2.24, 2.45) is 11.8 Å². The number of hydrogen-bond acceptors (Lipinski definition) is 9. The number of aliphatic hydroxyl groups excluding tert-OH is 2. The normalized spacial score (nSPS) is 16.2. The van der Waals surface area contributed by atoms with E-state index in [4.69, 9.17) is 5.11 Å². The number of aryl methyl sites for hydroxylation is 2. The van der Waals surface area contributed by atoms with Crippen LogP contribution in [0, 0.1) is 23.5 Å². The molecule has 5 N–H and O–H groups in total. The number of nitrogens with zero attached hydrogens (tertiary/aromatic N) is 7. The molecule has 0 bridgehead atoms. The van der Waals surface area contributed by atoms with Gasteiger partial charge in [-0.15, -0.1) is 0 Å². The van der Waals surface area contributed by atoms with Crippen LogP contribution in [0.25, 0.3) is 55.0 Å². The van der Waals surface area contributed by atoms with E-state index in [-0.39, 0.29) is 47.2 Å². The van der Waals surface area contributed by atoms with Crippen LogP contribution in [0.15, 0.2) is 158 Å². The van der Waals surface area contributed by atoms with Crippen molar-refractivity contribution in [3.05, 3.63) is 192 Å². The molecule has 4 aromatic heterocycles. The first-order valence-corrected chi connectivity index (χ1v) is 28.2. The summed E-state index contributed by atoms with van der Waals surface area (Å²) in [5.41, 5.74) is -4.57. The monoisotopic (exact) mass is 1180 g/mol. The molecule has 21 heteroatoms. The van der Waals surface area contributed by atoms with Gasteiger partial charge in [0, 0.05) is 88.8 Å². The van der Waals surface area contributed by atoms with Crippen molar-refractivity contribution in [3.8, 4) is 11.4 Å². The van der Waals surface area contributed by atoms with E-state index in [0.717, 1.165) is 64.8 Å². The van der Waals surface area contributed by atoms with Crippen LogP contribution < -0.4 is 5.32 Å². The highest BCUT2D eigenvalue weighted by Crippen LogP contribution is 2.49. The van der Waals surface area contributed by atoms with Crippen LogP contribution >= 0.6 is 0 Å². The van der Waals surface area contributed by atoms with Crippen molar-refractivity contribution in [2.75, 3.05) is 45.9 Å². The number of aromatic nitrogens is 6. The summed E-state index contributed by atoms with van der Waals surface area (Å²) in [7, 11) is 0. The van der Waals surface area contributed by atoms with Gasteiger partial charge in [0.25, 0.3) is 0 Å². The molecule has 2 fully saturated rings. The number of aliphatic hydroxyl groups is 4. The SMILES string of the molecule is O=CCCn1cc(C(O)(c2ccc3c(cnn3-c3ccc(F)cc3)c2)C(F)(F)F)c2ccccc21.OCC1CCN(CCCn2cc(C(O)(c3ccc4c(cnn4-c4ccc(F)cc4)c3)C(F)(F)F)c3ccccc32)CC1.OCC1CCNCC1. The molecule has 2 unspecified atom stereocenters. The van der Waals surface area contributed by atoms with Gasteiger partial charge in [-0.05, 0) is 173 Å². The van der Waals surface area contributed by atoms with Crippen LogP contribution in [-0.2, 0) is 29.1 Å². The number of alkyl halides is 6. The fourth-order valence-electron chi connectivity index (χ4n) is 11.6. The summed E-state index contributed by atoms with van der Waals surface area (Å²) in [4.78, 5) is 13.2. The van der Waals surface area contributed by atoms with Crippen molar-refractivity contribution in [1.29, 1.82) is 0 Å². The number of fused-ring (bicyclic) bond motifs is 4. The summed E-state index contributed by atoms with van der Waals surface area (Å²) in [5, 5.41) is 54.2. The largest absolute Gasteiger partial charge is 0.425 e. The Hall–Kier alpha value is -7.79. The number of carbonyl (C=O) groups excluding carboxylic acids is 1. The Kier molecular flexibility index (Phi) is 18.0. The van der Waals surface area contributed by atoms with Crippen molar-refractivity contribution in [3.63, 3.8) is 0 Å². The van der Waals surface area contributed by atoms with Crippen molar-refractivity contribution in [1.82, 2.24) is 38.9 Å². The number of halogens is 8. The van der Waals surface area contributed by atoms with E-state index in [1.807, 2.05) is 0 Å². The van der Waals surface area contributed by atoms with Crippen LogP contribution in [0.2, 0.25) is 0 Å². The third-order valence-corrected chi connectivity index (χ3v) is 16.3. The van der Waals surface area contributed by atoms with E-state index < -0.39 is 35.2 Å². The Morgan fingerprint density at radius 3 is 1.40 bits per heavy atom. The van der Waals surface area contributed by atoms with Gasteiger partial charge in [-0.2, -0.15) is 36.5 Å². The van der Waals surface area contributed by atoms with Crippen LogP contribution in [-0.4, -0.2) is 119 Å². The Balaban J connectivity index is 0.000000169. The van der Waals surface area contributed by atoms with Gasteiger partial charge in [0.2, 0.25) is 11.2 Å². The summed E-state index contributed by atoms with van der Waals surface area (Å²) >= 11 is 0. The number of rotatable bonds is 15. The highest BCUT2D eigenvalue weighted by molar-refractivity contribution is 5.88. The molecular formula is C64H64F8N8O5. The molecule has 6 heterocycles. The quantitative estimate of drug-likeness (QED) is 0.0498. The average molecular weight is 1180 g/mol. The third-order valence-electron chi connectivity index (χ3n) is 16.3. The maximum absolute atomic E-state index is 14.9. The Bertz CT molecular complexity index is 3880. The standard InChI is InChI=1S/C32H32F4N4O2.C26H19F4N3O2.C6H13NO/c33-25-7-9-26(10-8-25)40-29-11-6-24(18-23(29)19-37-40)31(42,32(34,35)36)28-20-39(30-5-2-1-4-27(28)30)15-3-14-38-16-12-22(21-41)13-17-38;27-19-7-9-20(10-8-19)33-23-11-6-18(14-17(23)15-31-33)25(35,26(28,29)30)22-16-32(12-3-13-34)24-5-2-1-4-21(22)24;8-5-6-1-3-7-4-2-6/h1-2,4-11,18-20,22,41-42H,3,12-17,21H2;1-2,4-11,13-16,35H,3,12H2;6-8H,1-5H2. The topological polar surface area (TPSA) is 159 Å². The molecule has 2 aliphatic heterocycles. The van der Waals surface area contributed by atoms with Gasteiger partial charge in [-0.1, -0.05) is 48.5 Å². The molecule has 85 heavy (non-hydrogen) atoms. The van der Waals surface area contributed by atoms with Crippen LogP contribution in [0.5, 0.6) is 0 Å². The Morgan fingerprint density at radius 2 is 0.976 bits per heavy atom. The molecule has 2 atom stereocenters. The highest BCUT2D eigenvalue weighted by Gasteiger charge is 2.59. The summed E-state index contributed by atoms with van der Waals surface area (Å²) in [5.74, 6) is 0.0922. The second kappa shape index (κ2) is 25.4. The zero-order valence-electron chi connectivity index (χ0n) is 46.2. The van der Waals surface area contributed by atoms with E-state index in [2.05, 4.69) is 20.4 Å². The van der Waals surface area contributed by atoms with Crippen LogP contribution in [0.4, 0.5) is 35.1 Å². The predicted molar refractivity (Wildman–Crippen MR) is 308 cm³/mol. The summed E-state index contributed by atoms with van der Waals surface area (Å²) < 4.78 is 122. The lowest BCUT2D eigenvalue weighted by molar-refractivity contribution is -0.248. The van der Waals surface area contributed by atoms with Crippen LogP contribution in [0.1, 0.15) is 60.8 Å². The Morgan fingerprint density at radius 1 is 0.541 bits per heavy atom. The van der Waals surface area contributed by atoms with E-state index in [0.29, 0.717) is 80.9 Å². The minimum atomic E-state index is -5.05. The Labute approximate surface area is 483 Å². The van der Waals surface area contributed by atoms with Gasteiger partial charge in [0.1, 0.15) is 17.9 Å². The second-order valence-electron chi connectivity index (χ2n) is 21.7. The van der Waals surface area contributed by atoms with Gasteiger partial charge >= 0.3 is 12.4 Å². The highest BCUT2D eigenvalue weighted by atomic mass is 19.4. The minimum absolute atomic E-state index is 0.122. The lowest BCUT2D eigenvalue weighted by Gasteiger charge is -2.31. The number of benzene rings is 6. The smallest absolute Gasteiger partial charge is 0.396 e. The first-order chi connectivity index (χ1) is 40.9. The van der Waals surface area contributed by atoms with Gasteiger partial charge in [-0.3, -0.25) is 0 Å². The van der Waals surface area contributed by atoms with Gasteiger partial charge in [-0.25, -0.2) is 18.1 Å². The van der Waals surface area contributed by atoms with E-state index in [1.54, 1.807) is 51.6 Å². The summed E-state index contributed by atoms with van der Waals surface area (Å²) in [6.07, 6.45) is 1.20. The molecule has 446 valence electrons. The molecule has 2 aliphatic rings. The molecule has 0 radical (unpaired) electrons. The number of nitrogens with one attached hydrogen (secondary N) is 1. The van der Waals surface area contributed by atoms with Crippen LogP contribution in [0.3, 0.4) is 0 Å². The number of piperidine rings is 2. The molecule has 0 spiro atoms. The fraction of sp³-hybridized carbons (Fsp3) is 0.328. The third kappa shape index (κ3) is 12.4. The number of likely N-dealkylation sites (tertiary alicyclic amines) is 1. The minimum Gasteiger partial charge on any atom is -0.396 e. The van der Waals surface area contributed by atoms with E-state index in [1.165, 1.54) is 125 Å². The maximum Gasteiger partial charge on any atom is 0.425 e. The molecule has 12 rings (SSSR count). The van der Waals surface area contributed by atoms with E-state index in [9.17, 15) is 55.2 Å². The molecule has 0 amide bonds. The molecule has 2 saturated heterocycles. The zero-order chi connectivity index (χ0) is 60.1. The summed E-state index contributed by atoms with van der Waals surface area (Å²) in [6, 6.07) is 32.5. The fourth-order valence-corrected chi connectivity index (χ4v) is 11.6. The maximum atomic E-state index is 14.9. The van der Waals surface area contributed by atoms with Crippen molar-refractivity contribution >= 4 is 49.9 Å². The molecular weight excluding hydrogens is 1110 g/mol. The number of aldehydes is 1. The van der Waals surface area contributed by atoms with E-state index >= 15 is 0 Å². The van der Waals surface area contributed by atoms with Crippen molar-refractivity contribution < 1.29 is 60.3 Å². The molecule has 0 saturated carbocycles. The lowest BCUT2D eigenvalue weighted by Crippen LogP contribution is -2.43. The number of para-hydroxylation sites is 2. The predicted octanol–water partition coefficient (Wildman–Crippen LogP) is 11.5. The average Bonchev–Trinajstić information content (AvgIpc) is 2.20. The molecule has 0 aliphatic carbocycles. The van der Waals surface area contributed by atoms with Gasteiger partial charge in [0.05, 0.1) is 34.8 Å². The second-order valence-corrected chi connectivity index (χ2v) is 21.7. The summed E-state index contributed by atoms with van der Waals surface area (Å²) in [6.45, 7) is 6.04. The molecule has 13 nitrogen and oxygen atoms in total. The molecule has 10 aromatic rings. The van der Waals surface area contributed by atoms with Gasteiger partial charge in [0.15, 0.2) is 0 Å². The first-order valence-electron chi connectivity index (χ1n) is 28.2. The van der Waals surface area contributed by atoms with Crippen molar-refractivity contribution in [2.45, 2.75) is 75.2 Å². The first kappa shape index (κ1) is 60.3. The molecule has 6 aromatic carbocycles.